The van der Waals surface area contributed by atoms with Crippen LogP contribution in [0.4, 0.5) is 0 Å². The molecule has 0 aromatic carbocycles. The average molecular weight is 199 g/mol. The Morgan fingerprint density at radius 2 is 1.62 bits per heavy atom. The Kier molecular flexibility index (Phi) is 2.63. The first-order valence-corrected chi connectivity index (χ1v) is 6.61. The molecule has 2 unspecified atom stereocenters. The van der Waals surface area contributed by atoms with Gasteiger partial charge in [0.25, 0.3) is 0 Å². The minimum Gasteiger partial charge on any atom is -0.291 e. The molecule has 2 aliphatic rings. The van der Waals surface area contributed by atoms with Gasteiger partial charge in [0.1, 0.15) is 0 Å². The maximum Gasteiger partial charge on any atom is 0.0194 e. The van der Waals surface area contributed by atoms with Crippen molar-refractivity contribution in [1.82, 2.24) is 4.90 Å². The topological polar surface area (TPSA) is 3.24 Å². The highest BCUT2D eigenvalue weighted by molar-refractivity contribution is 7.99. The van der Waals surface area contributed by atoms with Gasteiger partial charge in [0.2, 0.25) is 0 Å². The zero-order valence-corrected chi connectivity index (χ0v) is 9.86. The molecule has 0 N–H and O–H groups in total. The second kappa shape index (κ2) is 3.47. The molecule has 2 aliphatic heterocycles. The molecule has 0 amide bonds. The minimum atomic E-state index is 0.386. The summed E-state index contributed by atoms with van der Waals surface area (Å²) in [6, 6.07) is 1.75. The number of hydrogen-bond donors (Lipinski definition) is 0. The van der Waals surface area contributed by atoms with E-state index in [2.05, 4.69) is 37.4 Å². The van der Waals surface area contributed by atoms with E-state index in [9.17, 15) is 0 Å². The average Bonchev–Trinajstić information content (AvgIpc) is 2.01. The van der Waals surface area contributed by atoms with Crippen LogP contribution in [-0.2, 0) is 0 Å². The predicted octanol–water partition coefficient (Wildman–Crippen LogP) is 2.75. The Hall–Kier alpha value is 0.310. The van der Waals surface area contributed by atoms with Gasteiger partial charge in [0, 0.05) is 29.1 Å². The lowest BCUT2D eigenvalue weighted by Gasteiger charge is -2.52. The Morgan fingerprint density at radius 1 is 1.08 bits per heavy atom. The molecule has 2 heteroatoms. The SMILES string of the molecule is CC(C)(C)N1C2CCCC1CSC2. The van der Waals surface area contributed by atoms with Gasteiger partial charge in [-0.2, -0.15) is 11.8 Å². The third-order valence-electron chi connectivity index (χ3n) is 3.26. The molecule has 0 aromatic rings. The van der Waals surface area contributed by atoms with Gasteiger partial charge in [-0.05, 0) is 33.6 Å². The second-order valence-corrected chi connectivity index (χ2v) is 6.43. The molecule has 76 valence electrons. The van der Waals surface area contributed by atoms with Crippen LogP contribution in [-0.4, -0.2) is 34.0 Å². The van der Waals surface area contributed by atoms with Crippen molar-refractivity contribution in [1.29, 1.82) is 0 Å². The van der Waals surface area contributed by atoms with E-state index in [1.165, 1.54) is 30.8 Å². The number of piperidine rings is 1. The first-order valence-electron chi connectivity index (χ1n) is 5.45. The molecule has 2 heterocycles. The lowest BCUT2D eigenvalue weighted by molar-refractivity contribution is 0.0158. The number of rotatable bonds is 0. The first-order chi connectivity index (χ1) is 6.09. The molecule has 0 spiro atoms. The highest BCUT2D eigenvalue weighted by Crippen LogP contribution is 2.37. The normalized spacial score (nSPS) is 36.2. The maximum atomic E-state index is 2.78. The van der Waals surface area contributed by atoms with Gasteiger partial charge in [0.05, 0.1) is 0 Å². The largest absolute Gasteiger partial charge is 0.291 e. The number of thioether (sulfide) groups is 1. The zero-order valence-electron chi connectivity index (χ0n) is 9.05. The minimum absolute atomic E-state index is 0.386. The number of hydrogen-bond acceptors (Lipinski definition) is 2. The third kappa shape index (κ3) is 1.89. The summed E-state index contributed by atoms with van der Waals surface area (Å²) < 4.78 is 0. The van der Waals surface area contributed by atoms with Crippen molar-refractivity contribution in [3.63, 3.8) is 0 Å². The Balaban J connectivity index is 2.15. The smallest absolute Gasteiger partial charge is 0.0194 e. The predicted molar refractivity (Wildman–Crippen MR) is 60.3 cm³/mol. The summed E-state index contributed by atoms with van der Waals surface area (Å²) in [5.41, 5.74) is 0.386. The maximum absolute atomic E-state index is 2.78. The Labute approximate surface area is 86.3 Å². The Morgan fingerprint density at radius 3 is 2.00 bits per heavy atom. The molecule has 0 aromatic heterocycles. The zero-order chi connectivity index (χ0) is 9.47. The molecule has 1 nitrogen and oxygen atoms in total. The molecular formula is C11H21NS. The van der Waals surface area contributed by atoms with Crippen LogP contribution in [0, 0.1) is 0 Å². The summed E-state index contributed by atoms with van der Waals surface area (Å²) >= 11 is 2.17. The molecule has 0 radical (unpaired) electrons. The van der Waals surface area contributed by atoms with Gasteiger partial charge < -0.3 is 0 Å². The lowest BCUT2D eigenvalue weighted by Crippen LogP contribution is -2.59. The van der Waals surface area contributed by atoms with Crippen LogP contribution in [0.5, 0.6) is 0 Å². The first kappa shape index (κ1) is 9.85. The van der Waals surface area contributed by atoms with Crippen molar-refractivity contribution in [3.8, 4) is 0 Å². The lowest BCUT2D eigenvalue weighted by atomic mass is 9.90. The van der Waals surface area contributed by atoms with Crippen molar-refractivity contribution in [3.05, 3.63) is 0 Å². The summed E-state index contributed by atoms with van der Waals surface area (Å²) in [6.07, 6.45) is 4.32. The van der Waals surface area contributed by atoms with Crippen LogP contribution in [0.2, 0.25) is 0 Å². The van der Waals surface area contributed by atoms with Gasteiger partial charge in [-0.15, -0.1) is 0 Å². The molecule has 13 heavy (non-hydrogen) atoms. The van der Waals surface area contributed by atoms with Crippen LogP contribution < -0.4 is 0 Å². The fraction of sp³-hybridized carbons (Fsp3) is 1.00. The molecule has 0 aliphatic carbocycles. The van der Waals surface area contributed by atoms with E-state index in [-0.39, 0.29) is 0 Å². The van der Waals surface area contributed by atoms with Gasteiger partial charge in [-0.25, -0.2) is 0 Å². The standard InChI is InChI=1S/C11H21NS/c1-11(2,3)12-9-5-4-6-10(12)8-13-7-9/h9-10H,4-8H2,1-3H3. The van der Waals surface area contributed by atoms with E-state index < -0.39 is 0 Å². The van der Waals surface area contributed by atoms with Crippen molar-refractivity contribution >= 4 is 11.8 Å². The van der Waals surface area contributed by atoms with Gasteiger partial charge in [0.15, 0.2) is 0 Å². The van der Waals surface area contributed by atoms with Crippen LogP contribution in [0.25, 0.3) is 0 Å². The van der Waals surface area contributed by atoms with E-state index in [4.69, 9.17) is 0 Å². The highest BCUT2D eigenvalue weighted by atomic mass is 32.2. The fourth-order valence-electron chi connectivity index (χ4n) is 2.93. The van der Waals surface area contributed by atoms with E-state index in [0.29, 0.717) is 5.54 Å². The quantitative estimate of drug-likeness (QED) is 0.590. The van der Waals surface area contributed by atoms with Crippen molar-refractivity contribution in [2.24, 2.45) is 0 Å². The Bertz CT molecular complexity index is 163. The van der Waals surface area contributed by atoms with Crippen molar-refractivity contribution in [2.45, 2.75) is 57.7 Å². The van der Waals surface area contributed by atoms with Crippen molar-refractivity contribution < 1.29 is 0 Å². The summed E-state index contributed by atoms with van der Waals surface area (Å²) in [5.74, 6) is 2.74. The molecule has 0 saturated carbocycles. The monoisotopic (exact) mass is 199 g/mol. The molecule has 2 atom stereocenters. The fourth-order valence-corrected chi connectivity index (χ4v) is 4.26. The summed E-state index contributed by atoms with van der Waals surface area (Å²) in [6.45, 7) is 7.11. The number of nitrogens with zero attached hydrogens (tertiary/aromatic N) is 1. The molecule has 2 rings (SSSR count). The van der Waals surface area contributed by atoms with Crippen LogP contribution in [0.3, 0.4) is 0 Å². The molecule has 2 bridgehead atoms. The van der Waals surface area contributed by atoms with Crippen LogP contribution in [0.1, 0.15) is 40.0 Å². The second-order valence-electron chi connectivity index (χ2n) is 5.35. The van der Waals surface area contributed by atoms with E-state index in [1.807, 2.05) is 0 Å². The summed E-state index contributed by atoms with van der Waals surface area (Å²) in [4.78, 5) is 2.78. The van der Waals surface area contributed by atoms with E-state index >= 15 is 0 Å². The molecular weight excluding hydrogens is 178 g/mol. The molecule has 2 saturated heterocycles. The van der Waals surface area contributed by atoms with Crippen molar-refractivity contribution in [2.75, 3.05) is 11.5 Å². The van der Waals surface area contributed by atoms with Gasteiger partial charge in [-0.1, -0.05) is 6.42 Å². The van der Waals surface area contributed by atoms with E-state index in [0.717, 1.165) is 12.1 Å². The van der Waals surface area contributed by atoms with Crippen LogP contribution >= 0.6 is 11.8 Å². The third-order valence-corrected chi connectivity index (χ3v) is 4.50. The van der Waals surface area contributed by atoms with Gasteiger partial charge in [-0.3, -0.25) is 4.90 Å². The summed E-state index contributed by atoms with van der Waals surface area (Å²) in [5, 5.41) is 0. The number of fused-ring (bicyclic) bond motifs is 2. The highest BCUT2D eigenvalue weighted by Gasteiger charge is 2.39. The summed E-state index contributed by atoms with van der Waals surface area (Å²) in [7, 11) is 0. The van der Waals surface area contributed by atoms with Gasteiger partial charge >= 0.3 is 0 Å². The van der Waals surface area contributed by atoms with E-state index in [1.54, 1.807) is 0 Å². The van der Waals surface area contributed by atoms with Crippen LogP contribution in [0.15, 0.2) is 0 Å². The molecule has 2 fully saturated rings.